The van der Waals surface area contributed by atoms with E-state index in [0.717, 1.165) is 60.5 Å². The highest BCUT2D eigenvalue weighted by Crippen LogP contribution is 2.36. The Kier molecular flexibility index (Phi) is 12.5. The second kappa shape index (κ2) is 17.0. The second-order valence-electron chi connectivity index (χ2n) is 11.9. The van der Waals surface area contributed by atoms with Gasteiger partial charge in [0.1, 0.15) is 0 Å². The van der Waals surface area contributed by atoms with Crippen LogP contribution in [-0.2, 0) is 36.9 Å². The number of anilines is 3. The van der Waals surface area contributed by atoms with Crippen LogP contribution in [0.25, 0.3) is 0 Å². The van der Waals surface area contributed by atoms with Gasteiger partial charge in [-0.3, -0.25) is 0 Å². The molecule has 0 amide bonds. The maximum Gasteiger partial charge on any atom is 0.466 e. The lowest BCUT2D eigenvalue weighted by Crippen LogP contribution is -2.35. The number of fused-ring (bicyclic) bond motifs is 2. The summed E-state index contributed by atoms with van der Waals surface area (Å²) in [6.07, 6.45) is 2.41. The van der Waals surface area contributed by atoms with E-state index in [4.69, 9.17) is 62.6 Å². The smallest absolute Gasteiger partial charge is 0.466 e. The lowest BCUT2D eigenvalue weighted by molar-refractivity contribution is 0.275. The van der Waals surface area contributed by atoms with Crippen molar-refractivity contribution in [1.29, 1.82) is 0 Å². The minimum Gasteiger partial charge on any atom is -0.493 e. The van der Waals surface area contributed by atoms with Crippen molar-refractivity contribution < 1.29 is 47.7 Å². The van der Waals surface area contributed by atoms with E-state index in [0.29, 0.717) is 60.5 Å². The summed E-state index contributed by atoms with van der Waals surface area (Å²) >= 11 is 0. The Bertz CT molecular complexity index is 1810. The molecule has 2 aliphatic heterocycles. The predicted molar refractivity (Wildman–Crippen MR) is 194 cm³/mol. The number of phosphoric acid groups is 1. The van der Waals surface area contributed by atoms with E-state index in [2.05, 4.69) is 27.2 Å². The molecule has 1 aromatic heterocycles. The SMILES string of the molecule is COc1ccc(CCNc2nc(N3CCc4cc(OC)c(OC)cc4C3)nc(N3CCc4cc(OC)c(OC)cc4C3)n2)cc1OC.O=P(O)(O)O. The van der Waals surface area contributed by atoms with Gasteiger partial charge in [0.15, 0.2) is 34.5 Å². The third kappa shape index (κ3) is 9.44. The number of hydrogen-bond acceptors (Lipinski definition) is 13. The Balaban J connectivity index is 0.000000979. The highest BCUT2D eigenvalue weighted by molar-refractivity contribution is 7.45. The van der Waals surface area contributed by atoms with Gasteiger partial charge in [-0.25, -0.2) is 4.57 Å². The monoisotopic (exact) mass is 740 g/mol. The number of methoxy groups -OCH3 is 6. The van der Waals surface area contributed by atoms with Crippen LogP contribution in [0.3, 0.4) is 0 Å². The van der Waals surface area contributed by atoms with E-state index in [1.165, 1.54) is 11.1 Å². The van der Waals surface area contributed by atoms with Gasteiger partial charge in [0, 0.05) is 32.7 Å². The van der Waals surface area contributed by atoms with Crippen molar-refractivity contribution in [2.75, 3.05) is 77.4 Å². The summed E-state index contributed by atoms with van der Waals surface area (Å²) in [5.74, 6) is 6.08. The Morgan fingerprint density at radius 3 is 1.44 bits per heavy atom. The van der Waals surface area contributed by atoms with Crippen molar-refractivity contribution in [3.63, 3.8) is 0 Å². The molecule has 0 aliphatic carbocycles. The van der Waals surface area contributed by atoms with Crippen LogP contribution in [0.5, 0.6) is 34.5 Å². The summed E-state index contributed by atoms with van der Waals surface area (Å²) in [6, 6.07) is 14.2. The number of hydrogen-bond donors (Lipinski definition) is 4. The summed E-state index contributed by atoms with van der Waals surface area (Å²) in [5, 5.41) is 3.46. The minimum atomic E-state index is -4.64. The van der Waals surface area contributed by atoms with Gasteiger partial charge in [-0.05, 0) is 83.5 Å². The fraction of sp³-hybridized carbons (Fsp3) is 0.400. The molecule has 52 heavy (non-hydrogen) atoms. The van der Waals surface area contributed by atoms with Crippen LogP contribution in [0.15, 0.2) is 42.5 Å². The molecule has 0 bridgehead atoms. The molecule has 3 aromatic carbocycles. The van der Waals surface area contributed by atoms with Gasteiger partial charge in [0.05, 0.1) is 42.7 Å². The van der Waals surface area contributed by atoms with Crippen molar-refractivity contribution in [1.82, 2.24) is 15.0 Å². The van der Waals surface area contributed by atoms with Crippen LogP contribution in [-0.4, -0.2) is 91.9 Å². The molecule has 0 spiro atoms. The molecule has 17 heteroatoms. The Morgan fingerprint density at radius 2 is 1.02 bits per heavy atom. The molecular weight excluding hydrogens is 695 g/mol. The van der Waals surface area contributed by atoms with Crippen LogP contribution < -0.4 is 43.5 Å². The van der Waals surface area contributed by atoms with Gasteiger partial charge < -0.3 is 58.2 Å². The maximum atomic E-state index is 8.88. The van der Waals surface area contributed by atoms with E-state index in [1.54, 1.807) is 42.7 Å². The average molecular weight is 741 g/mol. The van der Waals surface area contributed by atoms with Gasteiger partial charge in [0.25, 0.3) is 0 Å². The van der Waals surface area contributed by atoms with E-state index in [1.807, 2.05) is 30.3 Å². The number of rotatable bonds is 12. The minimum absolute atomic E-state index is 0.529. The molecule has 280 valence electrons. The third-order valence-electron chi connectivity index (χ3n) is 8.76. The normalized spacial score (nSPS) is 13.6. The van der Waals surface area contributed by atoms with Gasteiger partial charge in [-0.2, -0.15) is 15.0 Å². The van der Waals surface area contributed by atoms with E-state index in [-0.39, 0.29) is 0 Å². The maximum absolute atomic E-state index is 8.88. The van der Waals surface area contributed by atoms with Gasteiger partial charge in [-0.1, -0.05) is 6.07 Å². The molecule has 0 saturated carbocycles. The molecule has 0 fully saturated rings. The zero-order valence-corrected chi connectivity index (χ0v) is 31.0. The fourth-order valence-electron chi connectivity index (χ4n) is 6.18. The van der Waals surface area contributed by atoms with Crippen molar-refractivity contribution in [3.8, 4) is 34.5 Å². The third-order valence-corrected chi connectivity index (χ3v) is 8.76. The quantitative estimate of drug-likeness (QED) is 0.153. The zero-order valence-electron chi connectivity index (χ0n) is 30.1. The number of ether oxygens (including phenoxy) is 6. The van der Waals surface area contributed by atoms with Gasteiger partial charge in [-0.15, -0.1) is 0 Å². The Hall–Kier alpha value is -5.02. The topological polar surface area (TPSA) is 190 Å². The molecule has 2 aliphatic rings. The molecule has 6 rings (SSSR count). The molecule has 4 aromatic rings. The summed E-state index contributed by atoms with van der Waals surface area (Å²) in [7, 11) is 5.29. The van der Waals surface area contributed by atoms with E-state index < -0.39 is 7.82 Å². The second-order valence-corrected chi connectivity index (χ2v) is 13.0. The predicted octanol–water partition coefficient (Wildman–Crippen LogP) is 3.77. The Labute approximate surface area is 302 Å². The first-order valence-corrected chi connectivity index (χ1v) is 18.0. The first-order chi connectivity index (χ1) is 25.0. The largest absolute Gasteiger partial charge is 0.493 e. The van der Waals surface area contributed by atoms with Crippen LogP contribution in [0, 0.1) is 0 Å². The summed E-state index contributed by atoms with van der Waals surface area (Å²) < 4.78 is 42.1. The number of nitrogens with one attached hydrogen (secondary N) is 1. The Morgan fingerprint density at radius 1 is 0.615 bits per heavy atom. The van der Waals surface area contributed by atoms with Gasteiger partial charge in [0.2, 0.25) is 17.8 Å². The summed E-state index contributed by atoms with van der Waals surface area (Å²) in [4.78, 5) is 40.8. The fourth-order valence-corrected chi connectivity index (χ4v) is 6.18. The van der Waals surface area contributed by atoms with Crippen LogP contribution in [0.4, 0.5) is 17.8 Å². The average Bonchev–Trinajstić information content (AvgIpc) is 3.15. The van der Waals surface area contributed by atoms with Crippen molar-refractivity contribution >= 4 is 25.7 Å². The molecule has 3 heterocycles. The van der Waals surface area contributed by atoms with Crippen molar-refractivity contribution in [2.45, 2.75) is 32.4 Å². The molecular formula is C35H45N6O10P. The molecule has 0 radical (unpaired) electrons. The molecule has 0 unspecified atom stereocenters. The number of benzene rings is 3. The zero-order chi connectivity index (χ0) is 37.4. The lowest BCUT2D eigenvalue weighted by Gasteiger charge is -2.32. The van der Waals surface area contributed by atoms with Crippen LogP contribution >= 0.6 is 7.82 Å². The molecule has 4 N–H and O–H groups in total. The van der Waals surface area contributed by atoms with Crippen molar-refractivity contribution in [3.05, 3.63) is 70.3 Å². The molecule has 0 saturated heterocycles. The van der Waals surface area contributed by atoms with Crippen molar-refractivity contribution in [2.24, 2.45) is 0 Å². The first-order valence-electron chi connectivity index (χ1n) is 16.4. The van der Waals surface area contributed by atoms with Crippen LogP contribution in [0.2, 0.25) is 0 Å². The standard InChI is InChI=1S/C35H42N6O6.H3O4P/c1-42-27-8-7-22(15-28(27)43-2)9-12-36-33-37-34(40-13-10-23-16-29(44-3)31(46-5)18-25(23)20-40)39-35(38-33)41-14-11-24-17-30(45-4)32(47-6)19-26(24)21-41;1-5(2,3)4/h7-8,15-19H,9-14,20-21H2,1-6H3,(H,36,37,38,39);(H3,1,2,3,4). The number of nitrogens with zero attached hydrogens (tertiary/aromatic N) is 5. The van der Waals surface area contributed by atoms with Gasteiger partial charge >= 0.3 is 7.82 Å². The first kappa shape index (κ1) is 38.2. The molecule has 0 atom stereocenters. The molecule has 16 nitrogen and oxygen atoms in total. The van der Waals surface area contributed by atoms with Crippen LogP contribution in [0.1, 0.15) is 27.8 Å². The number of aromatic nitrogens is 3. The van der Waals surface area contributed by atoms with E-state index in [9.17, 15) is 0 Å². The van der Waals surface area contributed by atoms with E-state index >= 15 is 0 Å². The lowest BCUT2D eigenvalue weighted by atomic mass is 9.99. The highest BCUT2D eigenvalue weighted by atomic mass is 31.2. The highest BCUT2D eigenvalue weighted by Gasteiger charge is 2.26. The summed E-state index contributed by atoms with van der Waals surface area (Å²) in [6.45, 7) is 3.43. The summed E-state index contributed by atoms with van der Waals surface area (Å²) in [5.41, 5.74) is 5.90.